The Bertz CT molecular complexity index is 991. The molecule has 0 saturated heterocycles. The minimum atomic E-state index is -4.53. The molecule has 0 spiro atoms. The van der Waals surface area contributed by atoms with Crippen molar-refractivity contribution in [2.75, 3.05) is 0 Å². The lowest BCUT2D eigenvalue weighted by molar-refractivity contribution is -0.137. The Labute approximate surface area is 159 Å². The summed E-state index contributed by atoms with van der Waals surface area (Å²) >= 11 is 0. The number of carbonyl (C=O) groups excluding carboxylic acids is 2. The summed E-state index contributed by atoms with van der Waals surface area (Å²) in [7, 11) is 0. The predicted molar refractivity (Wildman–Crippen MR) is 99.0 cm³/mol. The summed E-state index contributed by atoms with van der Waals surface area (Å²) in [5.74, 6) is -1.32. The maximum atomic E-state index is 13.1. The largest absolute Gasteiger partial charge is 0.416 e. The Morgan fingerprint density at radius 1 is 1.00 bits per heavy atom. The van der Waals surface area contributed by atoms with Crippen LogP contribution in [-0.2, 0) is 16.4 Å². The Balaban J connectivity index is 2.02. The van der Waals surface area contributed by atoms with Crippen molar-refractivity contribution in [2.45, 2.75) is 18.0 Å². The minimum Gasteiger partial charge on any atom is -0.369 e. The normalized spacial score (nSPS) is 19.2. The van der Waals surface area contributed by atoms with E-state index < -0.39 is 29.0 Å². The molecule has 2 amide bonds. The van der Waals surface area contributed by atoms with Crippen LogP contribution in [0.25, 0.3) is 5.57 Å². The molecule has 1 aliphatic carbocycles. The number of nitrogens with two attached hydrogens (primary N) is 2. The summed E-state index contributed by atoms with van der Waals surface area (Å²) in [5.41, 5.74) is 10.5. The summed E-state index contributed by atoms with van der Waals surface area (Å²) in [5, 5.41) is 0. The van der Waals surface area contributed by atoms with E-state index in [1.54, 1.807) is 36.4 Å². The molecule has 144 valence electrons. The number of alkyl halides is 3. The van der Waals surface area contributed by atoms with Crippen LogP contribution in [-0.4, -0.2) is 11.8 Å². The van der Waals surface area contributed by atoms with Crippen LogP contribution in [0.3, 0.4) is 0 Å². The highest BCUT2D eigenvalue weighted by Gasteiger charge is 2.40. The standard InChI is InChI=1S/C21H17F3N2O2/c22-21(23,24)17-5-1-4-16(11-17)20(19(26)28)10-2-3-15(12-20)13-6-8-14(9-7-13)18(25)27/h1-11H,12H2,(H2,25,27)(H2,26,28). The number of benzene rings is 2. The average Bonchev–Trinajstić information content (AvgIpc) is 2.67. The van der Waals surface area contributed by atoms with Gasteiger partial charge in [0.15, 0.2) is 0 Å². The lowest BCUT2D eigenvalue weighted by Crippen LogP contribution is -2.40. The van der Waals surface area contributed by atoms with Gasteiger partial charge in [0, 0.05) is 5.56 Å². The molecule has 0 aromatic heterocycles. The molecule has 4 nitrogen and oxygen atoms in total. The van der Waals surface area contributed by atoms with Crippen LogP contribution in [0.1, 0.15) is 33.5 Å². The van der Waals surface area contributed by atoms with Gasteiger partial charge in [-0.1, -0.05) is 48.6 Å². The topological polar surface area (TPSA) is 86.2 Å². The molecular weight excluding hydrogens is 369 g/mol. The van der Waals surface area contributed by atoms with Gasteiger partial charge in [0.05, 0.1) is 11.0 Å². The first-order valence-electron chi connectivity index (χ1n) is 8.40. The van der Waals surface area contributed by atoms with Crippen molar-refractivity contribution in [3.8, 4) is 0 Å². The number of halogens is 3. The number of primary amides is 2. The molecule has 0 radical (unpaired) electrons. The van der Waals surface area contributed by atoms with Gasteiger partial charge in [0.25, 0.3) is 0 Å². The van der Waals surface area contributed by atoms with Gasteiger partial charge in [0.1, 0.15) is 0 Å². The second kappa shape index (κ2) is 6.99. The number of carbonyl (C=O) groups is 2. The fraction of sp³-hybridized carbons (Fsp3) is 0.143. The van der Waals surface area contributed by atoms with Gasteiger partial charge < -0.3 is 11.5 Å². The summed E-state index contributed by atoms with van der Waals surface area (Å²) in [4.78, 5) is 23.6. The van der Waals surface area contributed by atoms with E-state index in [-0.39, 0.29) is 12.0 Å². The molecule has 0 heterocycles. The molecule has 7 heteroatoms. The van der Waals surface area contributed by atoms with E-state index in [0.29, 0.717) is 16.7 Å². The number of hydrogen-bond acceptors (Lipinski definition) is 2. The molecule has 0 saturated carbocycles. The number of hydrogen-bond donors (Lipinski definition) is 2. The Hall–Kier alpha value is -3.35. The van der Waals surface area contributed by atoms with Crippen LogP contribution >= 0.6 is 0 Å². The van der Waals surface area contributed by atoms with Gasteiger partial charge >= 0.3 is 6.18 Å². The van der Waals surface area contributed by atoms with E-state index in [1.807, 2.05) is 0 Å². The van der Waals surface area contributed by atoms with E-state index in [0.717, 1.165) is 12.1 Å². The summed E-state index contributed by atoms with van der Waals surface area (Å²) in [6, 6.07) is 11.1. The zero-order valence-corrected chi connectivity index (χ0v) is 14.7. The second-order valence-corrected chi connectivity index (χ2v) is 6.58. The van der Waals surface area contributed by atoms with Crippen molar-refractivity contribution in [1.29, 1.82) is 0 Å². The van der Waals surface area contributed by atoms with Crippen LogP contribution in [0.15, 0.2) is 66.8 Å². The van der Waals surface area contributed by atoms with Gasteiger partial charge in [-0.15, -0.1) is 0 Å². The zero-order chi connectivity index (χ0) is 20.5. The van der Waals surface area contributed by atoms with Crippen molar-refractivity contribution in [2.24, 2.45) is 11.5 Å². The third kappa shape index (κ3) is 3.55. The zero-order valence-electron chi connectivity index (χ0n) is 14.7. The van der Waals surface area contributed by atoms with Crippen LogP contribution < -0.4 is 11.5 Å². The van der Waals surface area contributed by atoms with Crippen molar-refractivity contribution < 1.29 is 22.8 Å². The Kier molecular flexibility index (Phi) is 4.85. The number of rotatable bonds is 4. The monoisotopic (exact) mass is 386 g/mol. The third-order valence-electron chi connectivity index (χ3n) is 4.83. The highest BCUT2D eigenvalue weighted by Crippen LogP contribution is 2.41. The fourth-order valence-electron chi connectivity index (χ4n) is 3.28. The third-order valence-corrected chi connectivity index (χ3v) is 4.83. The van der Waals surface area contributed by atoms with Crippen molar-refractivity contribution in [1.82, 2.24) is 0 Å². The predicted octanol–water partition coefficient (Wildman–Crippen LogP) is 3.57. The van der Waals surface area contributed by atoms with Crippen LogP contribution in [0.4, 0.5) is 13.2 Å². The molecule has 1 unspecified atom stereocenters. The number of allylic oxidation sites excluding steroid dienone is 3. The average molecular weight is 386 g/mol. The lowest BCUT2D eigenvalue weighted by Gasteiger charge is -2.32. The van der Waals surface area contributed by atoms with Crippen molar-refractivity contribution >= 4 is 17.4 Å². The molecule has 3 rings (SSSR count). The lowest BCUT2D eigenvalue weighted by atomic mass is 9.71. The first-order chi connectivity index (χ1) is 13.1. The van der Waals surface area contributed by atoms with Crippen molar-refractivity contribution in [3.05, 3.63) is 89.0 Å². The van der Waals surface area contributed by atoms with Gasteiger partial charge in [-0.3, -0.25) is 9.59 Å². The molecule has 2 aromatic carbocycles. The van der Waals surface area contributed by atoms with Gasteiger partial charge in [0.2, 0.25) is 11.8 Å². The molecule has 4 N–H and O–H groups in total. The summed E-state index contributed by atoms with van der Waals surface area (Å²) in [6.45, 7) is 0. The fourth-order valence-corrected chi connectivity index (χ4v) is 3.28. The minimum absolute atomic E-state index is 0.0933. The molecule has 0 fully saturated rings. The van der Waals surface area contributed by atoms with Gasteiger partial charge in [-0.2, -0.15) is 13.2 Å². The maximum absolute atomic E-state index is 13.1. The molecule has 0 bridgehead atoms. The molecule has 28 heavy (non-hydrogen) atoms. The highest BCUT2D eigenvalue weighted by molar-refractivity contribution is 5.94. The SMILES string of the molecule is NC(=O)c1ccc(C2=CC=CC(C(N)=O)(c3cccc(C(F)(F)F)c3)C2)cc1. The van der Waals surface area contributed by atoms with Crippen molar-refractivity contribution in [3.63, 3.8) is 0 Å². The summed E-state index contributed by atoms with van der Waals surface area (Å²) in [6.07, 6.45) is 0.443. The summed E-state index contributed by atoms with van der Waals surface area (Å²) < 4.78 is 39.4. The van der Waals surface area contributed by atoms with Crippen LogP contribution in [0.2, 0.25) is 0 Å². The van der Waals surface area contributed by atoms with Gasteiger partial charge in [-0.25, -0.2) is 0 Å². The van der Waals surface area contributed by atoms with E-state index >= 15 is 0 Å². The second-order valence-electron chi connectivity index (χ2n) is 6.58. The quantitative estimate of drug-likeness (QED) is 0.842. The van der Waals surface area contributed by atoms with E-state index in [9.17, 15) is 22.8 Å². The molecule has 1 aliphatic rings. The Morgan fingerprint density at radius 3 is 2.25 bits per heavy atom. The van der Waals surface area contributed by atoms with E-state index in [2.05, 4.69) is 0 Å². The number of amides is 2. The Morgan fingerprint density at radius 2 is 1.68 bits per heavy atom. The first kappa shape index (κ1) is 19.4. The van der Waals surface area contributed by atoms with Crippen LogP contribution in [0.5, 0.6) is 0 Å². The highest BCUT2D eigenvalue weighted by atomic mass is 19.4. The smallest absolute Gasteiger partial charge is 0.369 e. The van der Waals surface area contributed by atoms with Crippen LogP contribution in [0, 0.1) is 0 Å². The van der Waals surface area contributed by atoms with E-state index in [1.165, 1.54) is 18.2 Å². The van der Waals surface area contributed by atoms with Gasteiger partial charge in [-0.05, 0) is 41.3 Å². The molecule has 1 atom stereocenters. The molecule has 2 aromatic rings. The van der Waals surface area contributed by atoms with E-state index in [4.69, 9.17) is 11.5 Å². The maximum Gasteiger partial charge on any atom is 0.416 e. The first-order valence-corrected chi connectivity index (χ1v) is 8.40. The molecular formula is C21H17F3N2O2. The molecule has 0 aliphatic heterocycles.